The molecular formula is C27H32N2O5S. The quantitative estimate of drug-likeness (QED) is 0.475. The van der Waals surface area contributed by atoms with Gasteiger partial charge < -0.3 is 20.5 Å². The smallest absolute Gasteiger partial charge is 0.407 e. The van der Waals surface area contributed by atoms with Gasteiger partial charge in [0.1, 0.15) is 12.6 Å². The van der Waals surface area contributed by atoms with Gasteiger partial charge in [0.15, 0.2) is 0 Å². The van der Waals surface area contributed by atoms with Crippen LogP contribution in [0.2, 0.25) is 0 Å². The van der Waals surface area contributed by atoms with E-state index in [2.05, 4.69) is 34.9 Å². The topological polar surface area (TPSA) is 105 Å². The fourth-order valence-electron chi connectivity index (χ4n) is 5.17. The molecule has 0 saturated heterocycles. The fourth-order valence-corrected chi connectivity index (χ4v) is 5.64. The van der Waals surface area contributed by atoms with Gasteiger partial charge in [-0.2, -0.15) is 11.8 Å². The fraction of sp³-hybridized carbons (Fsp3) is 0.444. The Balaban J connectivity index is 1.39. The molecule has 3 atom stereocenters. The van der Waals surface area contributed by atoms with E-state index in [1.807, 2.05) is 30.5 Å². The normalized spacial score (nSPS) is 19.8. The Hall–Kier alpha value is -3.00. The van der Waals surface area contributed by atoms with E-state index in [4.69, 9.17) is 4.74 Å². The Morgan fingerprint density at radius 3 is 2.29 bits per heavy atom. The van der Waals surface area contributed by atoms with Crippen LogP contribution in [0.15, 0.2) is 48.5 Å². The van der Waals surface area contributed by atoms with Crippen LogP contribution in [-0.4, -0.2) is 53.8 Å². The van der Waals surface area contributed by atoms with Gasteiger partial charge in [0, 0.05) is 12.0 Å². The number of hydrogen-bond acceptors (Lipinski definition) is 5. The van der Waals surface area contributed by atoms with Crippen molar-refractivity contribution in [3.05, 3.63) is 59.7 Å². The van der Waals surface area contributed by atoms with Gasteiger partial charge in [-0.1, -0.05) is 61.4 Å². The van der Waals surface area contributed by atoms with E-state index in [0.29, 0.717) is 25.0 Å². The van der Waals surface area contributed by atoms with Crippen molar-refractivity contribution in [2.45, 2.75) is 50.1 Å². The van der Waals surface area contributed by atoms with Crippen molar-refractivity contribution in [3.63, 3.8) is 0 Å². The Bertz CT molecular complexity index is 1030. The van der Waals surface area contributed by atoms with Crippen molar-refractivity contribution in [3.8, 4) is 11.1 Å². The zero-order chi connectivity index (χ0) is 24.8. The van der Waals surface area contributed by atoms with E-state index < -0.39 is 30.1 Å². The Morgan fingerprint density at radius 1 is 1.03 bits per heavy atom. The maximum Gasteiger partial charge on any atom is 0.407 e. The van der Waals surface area contributed by atoms with Gasteiger partial charge in [0.25, 0.3) is 0 Å². The maximum atomic E-state index is 13.0. The molecule has 0 heterocycles. The van der Waals surface area contributed by atoms with Gasteiger partial charge in [0.05, 0.1) is 5.92 Å². The number of carbonyl (C=O) groups excluding carboxylic acids is 2. The molecule has 0 aromatic heterocycles. The number of nitrogens with one attached hydrogen (secondary N) is 2. The lowest BCUT2D eigenvalue weighted by Crippen LogP contribution is -2.53. The van der Waals surface area contributed by atoms with Crippen molar-refractivity contribution < 1.29 is 24.2 Å². The van der Waals surface area contributed by atoms with Crippen molar-refractivity contribution >= 4 is 29.7 Å². The van der Waals surface area contributed by atoms with Crippen molar-refractivity contribution in [2.75, 3.05) is 18.6 Å². The van der Waals surface area contributed by atoms with E-state index in [9.17, 15) is 19.5 Å². The predicted molar refractivity (Wildman–Crippen MR) is 137 cm³/mol. The molecule has 2 aromatic carbocycles. The summed E-state index contributed by atoms with van der Waals surface area (Å²) >= 11 is 1.58. The zero-order valence-electron chi connectivity index (χ0n) is 19.9. The van der Waals surface area contributed by atoms with E-state index >= 15 is 0 Å². The summed E-state index contributed by atoms with van der Waals surface area (Å²) in [6.45, 7) is 0.167. The molecule has 186 valence electrons. The second kappa shape index (κ2) is 11.6. The zero-order valence-corrected chi connectivity index (χ0v) is 20.7. The second-order valence-corrected chi connectivity index (χ2v) is 10.1. The molecule has 0 aliphatic heterocycles. The van der Waals surface area contributed by atoms with E-state index in [1.54, 1.807) is 11.8 Å². The molecule has 2 aliphatic rings. The van der Waals surface area contributed by atoms with Crippen LogP contribution in [0, 0.1) is 5.92 Å². The summed E-state index contributed by atoms with van der Waals surface area (Å²) in [4.78, 5) is 37.4. The van der Waals surface area contributed by atoms with Crippen LogP contribution in [0.5, 0.6) is 0 Å². The predicted octanol–water partition coefficient (Wildman–Crippen LogP) is 4.41. The minimum Gasteiger partial charge on any atom is -0.481 e. The third-order valence-corrected chi connectivity index (χ3v) is 7.62. The molecule has 1 saturated carbocycles. The van der Waals surface area contributed by atoms with Crippen LogP contribution in [0.25, 0.3) is 11.1 Å². The van der Waals surface area contributed by atoms with Crippen LogP contribution in [-0.2, 0) is 14.3 Å². The first-order valence-corrected chi connectivity index (χ1v) is 13.5. The minimum atomic E-state index is -0.889. The molecule has 35 heavy (non-hydrogen) atoms. The Labute approximate surface area is 210 Å². The number of ether oxygens (including phenoxy) is 1. The number of fused-ring (bicyclic) bond motifs is 3. The van der Waals surface area contributed by atoms with E-state index in [0.717, 1.165) is 35.1 Å². The molecule has 3 N–H and O–H groups in total. The number of benzene rings is 2. The number of aliphatic carboxylic acids is 1. The van der Waals surface area contributed by atoms with Gasteiger partial charge in [0.2, 0.25) is 5.91 Å². The first kappa shape index (κ1) is 25.1. The Morgan fingerprint density at radius 2 is 1.66 bits per heavy atom. The van der Waals surface area contributed by atoms with Crippen molar-refractivity contribution in [1.29, 1.82) is 0 Å². The summed E-state index contributed by atoms with van der Waals surface area (Å²) < 4.78 is 5.62. The number of carboxylic acid groups (broad SMARTS) is 1. The van der Waals surface area contributed by atoms with Gasteiger partial charge in [-0.05, 0) is 53.5 Å². The molecule has 0 bridgehead atoms. The molecule has 0 radical (unpaired) electrons. The summed E-state index contributed by atoms with van der Waals surface area (Å²) in [6, 6.07) is 15.0. The van der Waals surface area contributed by atoms with Crippen LogP contribution >= 0.6 is 11.8 Å². The minimum absolute atomic E-state index is 0.0646. The van der Waals surface area contributed by atoms with Gasteiger partial charge in [-0.25, -0.2) is 4.79 Å². The molecule has 8 heteroatoms. The highest BCUT2D eigenvalue weighted by Gasteiger charge is 2.34. The van der Waals surface area contributed by atoms with Crippen LogP contribution in [0.3, 0.4) is 0 Å². The average Bonchev–Trinajstić information content (AvgIpc) is 3.19. The van der Waals surface area contributed by atoms with Crippen molar-refractivity contribution in [1.82, 2.24) is 10.6 Å². The lowest BCUT2D eigenvalue weighted by molar-refractivity contribution is -0.144. The van der Waals surface area contributed by atoms with Crippen molar-refractivity contribution in [2.24, 2.45) is 5.92 Å². The highest BCUT2D eigenvalue weighted by atomic mass is 32.2. The highest BCUT2D eigenvalue weighted by Crippen LogP contribution is 2.44. The number of hydrogen-bond donors (Lipinski definition) is 3. The highest BCUT2D eigenvalue weighted by molar-refractivity contribution is 7.98. The first-order chi connectivity index (χ1) is 17.0. The third kappa shape index (κ3) is 5.81. The maximum absolute atomic E-state index is 13.0. The van der Waals surface area contributed by atoms with Crippen LogP contribution in [0.1, 0.15) is 49.1 Å². The molecule has 1 fully saturated rings. The number of amides is 2. The molecule has 0 spiro atoms. The lowest BCUT2D eigenvalue weighted by Gasteiger charge is -2.30. The van der Waals surface area contributed by atoms with Gasteiger partial charge >= 0.3 is 12.1 Å². The number of carboxylic acids is 1. The summed E-state index contributed by atoms with van der Waals surface area (Å²) in [5, 5.41) is 15.1. The van der Waals surface area contributed by atoms with E-state index in [1.165, 1.54) is 0 Å². The summed E-state index contributed by atoms with van der Waals surface area (Å²) in [5.41, 5.74) is 4.54. The number of rotatable bonds is 9. The SMILES string of the molecule is CSCC[C@H](NC(=O)OCC1c2ccccc2-c2ccccc21)C(=O)N[C@@H]1CCCC[C@@H]1C(=O)O. The number of carbonyl (C=O) groups is 3. The van der Waals surface area contributed by atoms with Crippen LogP contribution < -0.4 is 10.6 Å². The largest absolute Gasteiger partial charge is 0.481 e. The lowest BCUT2D eigenvalue weighted by atomic mass is 9.84. The molecule has 2 aromatic rings. The molecule has 0 unspecified atom stereocenters. The summed E-state index contributed by atoms with van der Waals surface area (Å²) in [7, 11) is 0. The van der Waals surface area contributed by atoms with E-state index in [-0.39, 0.29) is 18.4 Å². The second-order valence-electron chi connectivity index (χ2n) is 9.15. The number of thioether (sulfide) groups is 1. The number of alkyl carbamates (subject to hydrolysis) is 1. The molecule has 2 aliphatic carbocycles. The summed E-state index contributed by atoms with van der Waals surface area (Å²) in [6.07, 6.45) is 4.62. The first-order valence-electron chi connectivity index (χ1n) is 12.1. The van der Waals surface area contributed by atoms with Crippen LogP contribution in [0.4, 0.5) is 4.79 Å². The molecule has 4 rings (SSSR count). The average molecular weight is 497 g/mol. The van der Waals surface area contributed by atoms with Gasteiger partial charge in [-0.15, -0.1) is 0 Å². The Kier molecular flexibility index (Phi) is 8.33. The third-order valence-electron chi connectivity index (χ3n) is 6.97. The van der Waals surface area contributed by atoms with Gasteiger partial charge in [-0.3, -0.25) is 9.59 Å². The molecular weight excluding hydrogens is 464 g/mol. The standard InChI is InChI=1S/C27H32N2O5S/c1-35-15-14-24(25(30)28-23-13-7-6-12-21(23)26(31)32)29-27(33)34-16-22-19-10-4-2-8-17(19)18-9-3-5-11-20(18)22/h2-5,8-11,21-24H,6-7,12-16H2,1H3,(H,28,30)(H,29,33)(H,31,32)/t21-,23+,24-/m0/s1. The molecule has 2 amide bonds. The monoisotopic (exact) mass is 496 g/mol. The molecule has 7 nitrogen and oxygen atoms in total. The summed E-state index contributed by atoms with van der Waals surface area (Å²) in [5.74, 6) is -1.23.